The van der Waals surface area contributed by atoms with E-state index in [1.807, 2.05) is 20.8 Å². The van der Waals surface area contributed by atoms with Gasteiger partial charge < -0.3 is 20.1 Å². The van der Waals surface area contributed by atoms with Crippen LogP contribution in [-0.4, -0.2) is 55.9 Å². The van der Waals surface area contributed by atoms with Crippen molar-refractivity contribution in [1.82, 2.24) is 35.8 Å². The summed E-state index contributed by atoms with van der Waals surface area (Å²) in [4.78, 5) is 30.8. The highest BCUT2D eigenvalue weighted by Crippen LogP contribution is 2.26. The lowest BCUT2D eigenvalue weighted by atomic mass is 9.86. The van der Waals surface area contributed by atoms with E-state index in [2.05, 4.69) is 31.0 Å². The van der Waals surface area contributed by atoms with Gasteiger partial charge in [-0.15, -0.1) is 10.2 Å². The summed E-state index contributed by atoms with van der Waals surface area (Å²) in [5.74, 6) is 0.0400. The van der Waals surface area contributed by atoms with Gasteiger partial charge in [0, 0.05) is 23.8 Å². The number of nitrogens with one attached hydrogen (secondary N) is 2. The number of hydrogen-bond acceptors (Lipinski definition) is 8. The quantitative estimate of drug-likeness (QED) is 0.424. The Morgan fingerprint density at radius 3 is 2.58 bits per heavy atom. The summed E-state index contributed by atoms with van der Waals surface area (Å²) >= 11 is 0. The van der Waals surface area contributed by atoms with Crippen LogP contribution in [0.4, 0.5) is 9.18 Å². The van der Waals surface area contributed by atoms with Gasteiger partial charge in [-0.05, 0) is 94.3 Å². The van der Waals surface area contributed by atoms with Gasteiger partial charge in [0.25, 0.3) is 5.91 Å². The Labute approximate surface area is 232 Å². The number of nitrogens with zero attached hydrogens (tertiary/aromatic N) is 5. The molecule has 1 aliphatic carbocycles. The average Bonchev–Trinajstić information content (AvgIpc) is 3.36. The predicted molar refractivity (Wildman–Crippen MR) is 145 cm³/mol. The second-order valence-electron chi connectivity index (χ2n) is 11.1. The van der Waals surface area contributed by atoms with E-state index in [4.69, 9.17) is 9.47 Å². The standard InChI is InChI=1S/C28H36FN7O4/c1-17-12-20(14-23(31-17)26(37)30-15-19-8-11-22(29)24(13-19)39-5)25-33-35-36(34-25)16-18-6-9-21(10-7-18)32-27(38)40-28(2,3)4/h8,11-14,18,21H,6-7,9-10,15-16H2,1-5H3,(H,30,37)(H,32,38). The lowest BCUT2D eigenvalue weighted by Crippen LogP contribution is -2.41. The second-order valence-corrected chi connectivity index (χ2v) is 11.1. The van der Waals surface area contributed by atoms with E-state index in [1.165, 1.54) is 19.2 Å². The van der Waals surface area contributed by atoms with Crippen LogP contribution >= 0.6 is 0 Å². The van der Waals surface area contributed by atoms with Gasteiger partial charge in [-0.25, -0.2) is 14.2 Å². The van der Waals surface area contributed by atoms with Gasteiger partial charge >= 0.3 is 6.09 Å². The molecule has 0 unspecified atom stereocenters. The van der Waals surface area contributed by atoms with Gasteiger partial charge in [-0.1, -0.05) is 6.07 Å². The van der Waals surface area contributed by atoms with Crippen molar-refractivity contribution in [3.05, 3.63) is 53.1 Å². The van der Waals surface area contributed by atoms with Crippen LogP contribution in [0.25, 0.3) is 11.4 Å². The Morgan fingerprint density at radius 1 is 1.12 bits per heavy atom. The summed E-state index contributed by atoms with van der Waals surface area (Å²) in [7, 11) is 1.39. The second kappa shape index (κ2) is 12.4. The van der Waals surface area contributed by atoms with E-state index < -0.39 is 11.4 Å². The molecular weight excluding hydrogens is 517 g/mol. The molecule has 1 aromatic carbocycles. The van der Waals surface area contributed by atoms with Crippen LogP contribution in [0.1, 0.15) is 68.2 Å². The molecule has 11 nitrogen and oxygen atoms in total. The number of hydrogen-bond donors (Lipinski definition) is 2. The first kappa shape index (κ1) is 28.9. The number of amides is 2. The van der Waals surface area contributed by atoms with Gasteiger partial charge in [-0.3, -0.25) is 4.79 Å². The summed E-state index contributed by atoms with van der Waals surface area (Å²) in [5.41, 5.74) is 1.67. The Balaban J connectivity index is 1.32. The molecule has 1 saturated carbocycles. The topological polar surface area (TPSA) is 133 Å². The van der Waals surface area contributed by atoms with E-state index in [9.17, 15) is 14.0 Å². The predicted octanol–water partition coefficient (Wildman–Crippen LogP) is 4.20. The largest absolute Gasteiger partial charge is 0.494 e. The first-order chi connectivity index (χ1) is 19.0. The van der Waals surface area contributed by atoms with Crippen LogP contribution in [0, 0.1) is 18.7 Å². The molecule has 40 heavy (non-hydrogen) atoms. The Morgan fingerprint density at radius 2 is 1.88 bits per heavy atom. The minimum Gasteiger partial charge on any atom is -0.494 e. The van der Waals surface area contributed by atoms with E-state index >= 15 is 0 Å². The maximum atomic E-state index is 13.7. The molecule has 12 heteroatoms. The summed E-state index contributed by atoms with van der Waals surface area (Å²) < 4.78 is 24.0. The Bertz CT molecular complexity index is 1350. The number of benzene rings is 1. The third kappa shape index (κ3) is 7.96. The molecule has 0 spiro atoms. The molecule has 3 aromatic rings. The SMILES string of the molecule is COc1cc(CNC(=O)c2cc(-c3nnn(CC4CCC(NC(=O)OC(C)(C)C)CC4)n3)cc(C)n2)ccc1F. The molecule has 1 fully saturated rings. The van der Waals surface area contributed by atoms with E-state index in [0.29, 0.717) is 35.1 Å². The van der Waals surface area contributed by atoms with Crippen molar-refractivity contribution in [1.29, 1.82) is 0 Å². The summed E-state index contributed by atoms with van der Waals surface area (Å²) in [5, 5.41) is 18.7. The van der Waals surface area contributed by atoms with Crippen molar-refractivity contribution in [2.45, 2.75) is 78.1 Å². The van der Waals surface area contributed by atoms with Crippen molar-refractivity contribution in [3.8, 4) is 17.1 Å². The molecule has 1 aliphatic rings. The molecule has 0 saturated heterocycles. The Kier molecular flexibility index (Phi) is 8.96. The first-order valence-electron chi connectivity index (χ1n) is 13.4. The smallest absolute Gasteiger partial charge is 0.407 e. The maximum Gasteiger partial charge on any atom is 0.407 e. The molecule has 0 atom stereocenters. The lowest BCUT2D eigenvalue weighted by Gasteiger charge is -2.29. The highest BCUT2D eigenvalue weighted by molar-refractivity contribution is 5.93. The first-order valence-corrected chi connectivity index (χ1v) is 13.4. The van der Waals surface area contributed by atoms with Gasteiger partial charge in [0.15, 0.2) is 11.6 Å². The monoisotopic (exact) mass is 553 g/mol. The number of rotatable bonds is 8. The molecule has 2 aromatic heterocycles. The average molecular weight is 554 g/mol. The third-order valence-electron chi connectivity index (χ3n) is 6.55. The molecular formula is C28H36FN7O4. The lowest BCUT2D eigenvalue weighted by molar-refractivity contribution is 0.0485. The maximum absolute atomic E-state index is 13.7. The van der Waals surface area contributed by atoms with Crippen molar-refractivity contribution in [2.24, 2.45) is 5.92 Å². The molecule has 2 heterocycles. The van der Waals surface area contributed by atoms with Crippen LogP contribution in [-0.2, 0) is 17.8 Å². The number of carbonyl (C=O) groups is 2. The summed E-state index contributed by atoms with van der Waals surface area (Å²) in [6, 6.07) is 7.94. The summed E-state index contributed by atoms with van der Waals surface area (Å²) in [6.07, 6.45) is 3.19. The van der Waals surface area contributed by atoms with Gasteiger partial charge in [0.2, 0.25) is 5.82 Å². The molecule has 2 amide bonds. The highest BCUT2D eigenvalue weighted by Gasteiger charge is 2.25. The van der Waals surface area contributed by atoms with Crippen molar-refractivity contribution in [2.75, 3.05) is 7.11 Å². The Hall–Kier alpha value is -4.09. The fourth-order valence-electron chi connectivity index (χ4n) is 4.63. The van der Waals surface area contributed by atoms with Crippen molar-refractivity contribution >= 4 is 12.0 Å². The van der Waals surface area contributed by atoms with Gasteiger partial charge in [-0.2, -0.15) is 4.80 Å². The fraction of sp³-hybridized carbons (Fsp3) is 0.500. The number of pyridine rings is 1. The molecule has 2 N–H and O–H groups in total. The van der Waals surface area contributed by atoms with Crippen LogP contribution in [0.5, 0.6) is 5.75 Å². The number of aromatic nitrogens is 5. The number of tetrazole rings is 1. The zero-order valence-corrected chi connectivity index (χ0v) is 23.5. The molecule has 0 aliphatic heterocycles. The zero-order chi connectivity index (χ0) is 28.9. The van der Waals surface area contributed by atoms with E-state index in [-0.39, 0.29) is 36.0 Å². The van der Waals surface area contributed by atoms with E-state index in [0.717, 1.165) is 25.7 Å². The molecule has 0 radical (unpaired) electrons. The number of aryl methyl sites for hydroxylation is 1. The number of alkyl carbamates (subject to hydrolysis) is 1. The van der Waals surface area contributed by atoms with Gasteiger partial charge in [0.1, 0.15) is 11.3 Å². The van der Waals surface area contributed by atoms with Crippen LogP contribution < -0.4 is 15.4 Å². The molecule has 214 valence electrons. The number of halogens is 1. The number of ether oxygens (including phenoxy) is 2. The number of methoxy groups -OCH3 is 1. The fourth-order valence-corrected chi connectivity index (χ4v) is 4.63. The van der Waals surface area contributed by atoms with E-state index in [1.54, 1.807) is 29.9 Å². The highest BCUT2D eigenvalue weighted by atomic mass is 19.1. The third-order valence-corrected chi connectivity index (χ3v) is 6.55. The van der Waals surface area contributed by atoms with Crippen LogP contribution in [0.2, 0.25) is 0 Å². The molecule has 0 bridgehead atoms. The van der Waals surface area contributed by atoms with Crippen LogP contribution in [0.3, 0.4) is 0 Å². The minimum absolute atomic E-state index is 0.0971. The zero-order valence-electron chi connectivity index (χ0n) is 23.5. The molecule has 4 rings (SSSR count). The van der Waals surface area contributed by atoms with Crippen molar-refractivity contribution in [3.63, 3.8) is 0 Å². The number of carbonyl (C=O) groups excluding carboxylic acids is 2. The van der Waals surface area contributed by atoms with Crippen molar-refractivity contribution < 1.29 is 23.5 Å². The van der Waals surface area contributed by atoms with Crippen LogP contribution in [0.15, 0.2) is 30.3 Å². The minimum atomic E-state index is -0.520. The normalized spacial score (nSPS) is 17.2. The van der Waals surface area contributed by atoms with Gasteiger partial charge in [0.05, 0.1) is 13.7 Å². The summed E-state index contributed by atoms with van der Waals surface area (Å²) in [6.45, 7) is 8.13.